The van der Waals surface area contributed by atoms with E-state index in [4.69, 9.17) is 23.2 Å². The second-order valence-electron chi connectivity index (χ2n) is 6.67. The van der Waals surface area contributed by atoms with Crippen LogP contribution in [0.5, 0.6) is 0 Å². The lowest BCUT2D eigenvalue weighted by molar-refractivity contribution is -0.123. The SMILES string of the molecule is CC[C@@H](C(=O)NC1CCN(C)CC1)N(c1ccc(Cl)c(Cl)c1)S(C)(=O)=O. The molecular formula is C17H25Cl2N3O3S. The molecule has 1 aromatic rings. The molecule has 0 aliphatic carbocycles. The van der Waals surface area contributed by atoms with Gasteiger partial charge >= 0.3 is 0 Å². The number of hydrogen-bond acceptors (Lipinski definition) is 4. The maximum Gasteiger partial charge on any atom is 0.244 e. The molecule has 1 heterocycles. The van der Waals surface area contributed by atoms with Crippen LogP contribution in [0.1, 0.15) is 26.2 Å². The van der Waals surface area contributed by atoms with Gasteiger partial charge in [-0.05, 0) is 57.6 Å². The molecule has 1 N–H and O–H groups in total. The number of likely N-dealkylation sites (tertiary alicyclic amines) is 1. The first-order valence-electron chi connectivity index (χ1n) is 8.56. The number of anilines is 1. The van der Waals surface area contributed by atoms with E-state index in [9.17, 15) is 13.2 Å². The largest absolute Gasteiger partial charge is 0.351 e. The zero-order chi connectivity index (χ0) is 19.5. The van der Waals surface area contributed by atoms with Crippen molar-refractivity contribution in [3.63, 3.8) is 0 Å². The molecule has 2 rings (SSSR count). The van der Waals surface area contributed by atoms with E-state index in [2.05, 4.69) is 10.2 Å². The van der Waals surface area contributed by atoms with Gasteiger partial charge in [0.2, 0.25) is 15.9 Å². The van der Waals surface area contributed by atoms with Crippen LogP contribution in [-0.4, -0.2) is 57.7 Å². The number of carbonyl (C=O) groups excluding carboxylic acids is 1. The van der Waals surface area contributed by atoms with Gasteiger partial charge in [-0.3, -0.25) is 9.10 Å². The standard InChI is InChI=1S/C17H25Cl2N3O3S/c1-4-16(17(23)20-12-7-9-21(2)10-8-12)22(26(3,24)25)13-5-6-14(18)15(19)11-13/h5-6,11-12,16H,4,7-10H2,1-3H3,(H,20,23)/t16-/m0/s1. The van der Waals surface area contributed by atoms with Crippen LogP contribution in [0.25, 0.3) is 0 Å². The number of carbonyl (C=O) groups is 1. The minimum Gasteiger partial charge on any atom is -0.351 e. The molecule has 0 saturated carbocycles. The Hall–Kier alpha value is -1.02. The minimum absolute atomic E-state index is 0.0583. The van der Waals surface area contributed by atoms with Gasteiger partial charge in [0.1, 0.15) is 6.04 Å². The molecule has 0 bridgehead atoms. The number of halogens is 2. The lowest BCUT2D eigenvalue weighted by Gasteiger charge is -2.34. The van der Waals surface area contributed by atoms with E-state index in [1.165, 1.54) is 12.1 Å². The Labute approximate surface area is 165 Å². The number of sulfonamides is 1. The molecule has 1 fully saturated rings. The third-order valence-corrected chi connectivity index (χ3v) is 6.47. The van der Waals surface area contributed by atoms with Crippen LogP contribution < -0.4 is 9.62 Å². The first kappa shape index (κ1) is 21.3. The van der Waals surface area contributed by atoms with Crippen molar-refractivity contribution in [2.75, 3.05) is 30.7 Å². The number of rotatable bonds is 6. The van der Waals surface area contributed by atoms with Crippen LogP contribution in [0.2, 0.25) is 10.0 Å². The summed E-state index contributed by atoms with van der Waals surface area (Å²) in [6, 6.07) is 3.76. The zero-order valence-corrected chi connectivity index (χ0v) is 17.5. The molecule has 9 heteroatoms. The van der Waals surface area contributed by atoms with Gasteiger partial charge in [-0.15, -0.1) is 0 Å². The van der Waals surface area contributed by atoms with Crippen LogP contribution in [-0.2, 0) is 14.8 Å². The average Bonchev–Trinajstić information content (AvgIpc) is 2.56. The molecule has 1 aromatic carbocycles. The van der Waals surface area contributed by atoms with Gasteiger partial charge in [0.05, 0.1) is 22.0 Å². The number of benzene rings is 1. The average molecular weight is 422 g/mol. The van der Waals surface area contributed by atoms with Crippen molar-refractivity contribution in [2.24, 2.45) is 0 Å². The Morgan fingerprint density at radius 1 is 1.31 bits per heavy atom. The second kappa shape index (κ2) is 8.78. The highest BCUT2D eigenvalue weighted by atomic mass is 35.5. The third kappa shape index (κ3) is 5.25. The molecule has 0 spiro atoms. The first-order valence-corrected chi connectivity index (χ1v) is 11.2. The summed E-state index contributed by atoms with van der Waals surface area (Å²) in [6.45, 7) is 3.60. The molecule has 1 saturated heterocycles. The minimum atomic E-state index is -3.69. The Kier molecular flexibility index (Phi) is 7.19. The number of nitrogens with zero attached hydrogens (tertiary/aromatic N) is 2. The van der Waals surface area contributed by atoms with Gasteiger partial charge < -0.3 is 10.2 Å². The molecule has 6 nitrogen and oxygen atoms in total. The molecule has 0 radical (unpaired) electrons. The van der Waals surface area contributed by atoms with E-state index in [1.807, 2.05) is 7.05 Å². The van der Waals surface area contributed by atoms with Crippen LogP contribution >= 0.6 is 23.2 Å². The van der Waals surface area contributed by atoms with Gasteiger partial charge in [0, 0.05) is 6.04 Å². The summed E-state index contributed by atoms with van der Waals surface area (Å²) < 4.78 is 26.0. The second-order valence-corrected chi connectivity index (χ2v) is 9.34. The molecule has 146 valence electrons. The summed E-state index contributed by atoms with van der Waals surface area (Å²) >= 11 is 12.0. The van der Waals surface area contributed by atoms with Crippen LogP contribution in [0.15, 0.2) is 18.2 Å². The quantitative estimate of drug-likeness (QED) is 0.766. The molecule has 1 amide bonds. The highest BCUT2D eigenvalue weighted by Crippen LogP contribution is 2.30. The van der Waals surface area contributed by atoms with Gasteiger partial charge in [-0.2, -0.15) is 0 Å². The summed E-state index contributed by atoms with van der Waals surface area (Å²) in [5, 5.41) is 3.57. The Morgan fingerprint density at radius 3 is 2.42 bits per heavy atom. The van der Waals surface area contributed by atoms with Crippen molar-refractivity contribution >= 4 is 44.8 Å². The van der Waals surface area contributed by atoms with E-state index in [-0.39, 0.29) is 17.0 Å². The van der Waals surface area contributed by atoms with Crippen molar-refractivity contribution in [1.82, 2.24) is 10.2 Å². The maximum atomic E-state index is 12.8. The fourth-order valence-electron chi connectivity index (χ4n) is 3.13. The molecule has 1 aliphatic rings. The molecular weight excluding hydrogens is 397 g/mol. The predicted molar refractivity (Wildman–Crippen MR) is 107 cm³/mol. The number of hydrogen-bond donors (Lipinski definition) is 1. The van der Waals surface area contributed by atoms with Crippen LogP contribution in [0.4, 0.5) is 5.69 Å². The maximum absolute atomic E-state index is 12.8. The first-order chi connectivity index (χ1) is 12.1. The Morgan fingerprint density at radius 2 is 1.92 bits per heavy atom. The van der Waals surface area contributed by atoms with Crippen molar-refractivity contribution in [3.8, 4) is 0 Å². The lowest BCUT2D eigenvalue weighted by Crippen LogP contribution is -2.53. The van der Waals surface area contributed by atoms with E-state index in [0.29, 0.717) is 17.1 Å². The molecule has 1 aliphatic heterocycles. The van der Waals surface area contributed by atoms with Crippen molar-refractivity contribution in [3.05, 3.63) is 28.2 Å². The van der Waals surface area contributed by atoms with E-state index < -0.39 is 16.1 Å². The van der Waals surface area contributed by atoms with E-state index >= 15 is 0 Å². The summed E-state index contributed by atoms with van der Waals surface area (Å²) in [5.74, 6) is -0.293. The number of nitrogens with one attached hydrogen (secondary N) is 1. The highest BCUT2D eigenvalue weighted by molar-refractivity contribution is 7.92. The van der Waals surface area contributed by atoms with Crippen molar-refractivity contribution in [2.45, 2.75) is 38.3 Å². The fraction of sp³-hybridized carbons (Fsp3) is 0.588. The molecule has 1 atom stereocenters. The van der Waals surface area contributed by atoms with E-state index in [1.54, 1.807) is 13.0 Å². The lowest BCUT2D eigenvalue weighted by atomic mass is 10.0. The summed E-state index contributed by atoms with van der Waals surface area (Å²) in [7, 11) is -1.65. The fourth-order valence-corrected chi connectivity index (χ4v) is 4.63. The highest BCUT2D eigenvalue weighted by Gasteiger charge is 2.33. The Balaban J connectivity index is 2.26. The summed E-state index contributed by atoms with van der Waals surface area (Å²) in [6.07, 6.45) is 3.13. The zero-order valence-electron chi connectivity index (χ0n) is 15.2. The molecule has 26 heavy (non-hydrogen) atoms. The summed E-state index contributed by atoms with van der Waals surface area (Å²) in [5.41, 5.74) is 0.326. The van der Waals surface area contributed by atoms with Gasteiger partial charge in [0.25, 0.3) is 0 Å². The number of amides is 1. The van der Waals surface area contributed by atoms with Crippen LogP contribution in [0.3, 0.4) is 0 Å². The van der Waals surface area contributed by atoms with Crippen molar-refractivity contribution in [1.29, 1.82) is 0 Å². The van der Waals surface area contributed by atoms with E-state index in [0.717, 1.165) is 36.5 Å². The summed E-state index contributed by atoms with van der Waals surface area (Å²) in [4.78, 5) is 15.1. The van der Waals surface area contributed by atoms with Gasteiger partial charge in [-0.1, -0.05) is 30.1 Å². The normalized spacial score (nSPS) is 17.7. The third-order valence-electron chi connectivity index (χ3n) is 4.55. The smallest absolute Gasteiger partial charge is 0.244 e. The van der Waals surface area contributed by atoms with Crippen molar-refractivity contribution < 1.29 is 13.2 Å². The number of piperidine rings is 1. The monoisotopic (exact) mass is 421 g/mol. The Bertz CT molecular complexity index is 750. The predicted octanol–water partition coefficient (Wildman–Crippen LogP) is 2.75. The van der Waals surface area contributed by atoms with Gasteiger partial charge in [-0.25, -0.2) is 8.42 Å². The molecule has 0 unspecified atom stereocenters. The topological polar surface area (TPSA) is 69.7 Å². The van der Waals surface area contributed by atoms with Gasteiger partial charge in [0.15, 0.2) is 0 Å². The molecule has 0 aromatic heterocycles. The van der Waals surface area contributed by atoms with Crippen LogP contribution in [0, 0.1) is 0 Å².